The highest BCUT2D eigenvalue weighted by atomic mass is 35.5. The lowest BCUT2D eigenvalue weighted by Crippen LogP contribution is -2.29. The van der Waals surface area contributed by atoms with Crippen molar-refractivity contribution < 1.29 is 63.9 Å². The fraction of sp³-hybridized carbons (Fsp3) is 0.333. The van der Waals surface area contributed by atoms with Gasteiger partial charge in [-0.2, -0.15) is 46.8 Å². The monoisotopic (exact) mass is 528 g/mol. The summed E-state index contributed by atoms with van der Waals surface area (Å²) in [5.41, 5.74) is -6.15. The highest BCUT2D eigenvalue weighted by molar-refractivity contribution is 7.88. The molecule has 12 nitrogen and oxygen atoms in total. The van der Waals surface area contributed by atoms with Crippen LogP contribution in [0.15, 0.2) is 17.0 Å². The molecular weight excluding hydrogens is 521 g/mol. The van der Waals surface area contributed by atoms with Crippen molar-refractivity contribution in [3.05, 3.63) is 12.1 Å². The summed E-state index contributed by atoms with van der Waals surface area (Å²) in [5.74, 6) is -5.13. The summed E-state index contributed by atoms with van der Waals surface area (Å²) in [5, 5.41) is -1.41. The standard InChI is InChI=1S/C9H8ClF3O12S4/c1-26(14,15)23-5-2-3-6(28(18,19)20)8(7(5)24-27(16,17)4-10)25-29(21,22)9(11,12)13/h2-3H,4H2,1H3,(H,18,19,20). The number of hydrogen-bond acceptors (Lipinski definition) is 11. The third-order valence-electron chi connectivity index (χ3n) is 2.38. The van der Waals surface area contributed by atoms with Gasteiger partial charge in [-0.3, -0.25) is 4.55 Å². The van der Waals surface area contributed by atoms with Crippen LogP contribution in [0, 0.1) is 0 Å². The number of rotatable bonds is 8. The van der Waals surface area contributed by atoms with Crippen molar-refractivity contribution in [1.29, 1.82) is 0 Å². The summed E-state index contributed by atoms with van der Waals surface area (Å²) in [6, 6.07) is 0.494. The van der Waals surface area contributed by atoms with Gasteiger partial charge in [-0.15, -0.1) is 11.6 Å². The van der Waals surface area contributed by atoms with E-state index in [4.69, 9.17) is 16.2 Å². The van der Waals surface area contributed by atoms with Crippen LogP contribution in [0.3, 0.4) is 0 Å². The molecule has 0 aliphatic heterocycles. The van der Waals surface area contributed by atoms with Crippen LogP contribution in [-0.2, 0) is 40.5 Å². The van der Waals surface area contributed by atoms with Crippen LogP contribution in [0.25, 0.3) is 0 Å². The van der Waals surface area contributed by atoms with Crippen molar-refractivity contribution >= 4 is 52.1 Å². The van der Waals surface area contributed by atoms with E-state index in [2.05, 4.69) is 12.5 Å². The van der Waals surface area contributed by atoms with E-state index >= 15 is 0 Å². The molecule has 0 fully saturated rings. The quantitative estimate of drug-likeness (QED) is 0.212. The molecule has 0 atom stereocenters. The topological polar surface area (TPSA) is 184 Å². The van der Waals surface area contributed by atoms with Gasteiger partial charge in [0.15, 0.2) is 11.0 Å². The zero-order chi connectivity index (χ0) is 23.1. The molecule has 1 N–H and O–H groups in total. The first-order valence-electron chi connectivity index (χ1n) is 6.23. The van der Waals surface area contributed by atoms with Crippen LogP contribution in [0.1, 0.15) is 0 Å². The Balaban J connectivity index is 4.02. The first-order chi connectivity index (χ1) is 12.7. The summed E-state index contributed by atoms with van der Waals surface area (Å²) < 4.78 is 150. The molecule has 0 aromatic heterocycles. The molecule has 1 rings (SSSR count). The van der Waals surface area contributed by atoms with Gasteiger partial charge in [0.05, 0.1) is 6.26 Å². The zero-order valence-corrected chi connectivity index (χ0v) is 17.5. The fourth-order valence-corrected chi connectivity index (χ4v) is 3.61. The summed E-state index contributed by atoms with van der Waals surface area (Å²) in [4.78, 5) is -1.73. The molecule has 0 amide bonds. The van der Waals surface area contributed by atoms with Crippen molar-refractivity contribution in [1.82, 2.24) is 0 Å². The van der Waals surface area contributed by atoms with E-state index in [1.807, 2.05) is 0 Å². The van der Waals surface area contributed by atoms with E-state index in [1.165, 1.54) is 0 Å². The predicted molar refractivity (Wildman–Crippen MR) is 87.6 cm³/mol. The lowest BCUT2D eigenvalue weighted by Gasteiger charge is -2.17. The summed E-state index contributed by atoms with van der Waals surface area (Å²) in [6.45, 7) is 0. The summed E-state index contributed by atoms with van der Waals surface area (Å²) in [6.07, 6.45) is 0.385. The van der Waals surface area contributed by atoms with Crippen molar-refractivity contribution in [2.24, 2.45) is 0 Å². The van der Waals surface area contributed by atoms with Crippen LogP contribution < -0.4 is 12.5 Å². The minimum absolute atomic E-state index is 0.164. The van der Waals surface area contributed by atoms with Gasteiger partial charge >= 0.3 is 35.9 Å². The second-order valence-corrected chi connectivity index (χ2v) is 11.4. The molecule has 0 saturated heterocycles. The Morgan fingerprint density at radius 2 is 1.45 bits per heavy atom. The fourth-order valence-electron chi connectivity index (χ4n) is 1.42. The van der Waals surface area contributed by atoms with E-state index in [9.17, 15) is 46.8 Å². The SMILES string of the molecule is CS(=O)(=O)Oc1ccc(S(=O)(=O)O)c(OS(=O)(=O)C(F)(F)F)c1OS(=O)(=O)CCl. The van der Waals surface area contributed by atoms with E-state index in [1.54, 1.807) is 0 Å². The maximum atomic E-state index is 12.6. The lowest BCUT2D eigenvalue weighted by atomic mass is 10.3. The molecule has 0 bridgehead atoms. The second kappa shape index (κ2) is 7.95. The first-order valence-corrected chi connectivity index (χ1v) is 13.0. The van der Waals surface area contributed by atoms with Crippen molar-refractivity contribution in [3.8, 4) is 17.2 Å². The average molecular weight is 529 g/mol. The van der Waals surface area contributed by atoms with E-state index < -0.39 is 73.3 Å². The van der Waals surface area contributed by atoms with Gasteiger partial charge in [0.25, 0.3) is 10.1 Å². The minimum atomic E-state index is -6.67. The van der Waals surface area contributed by atoms with Crippen LogP contribution in [-0.4, -0.2) is 55.2 Å². The van der Waals surface area contributed by atoms with Crippen LogP contribution in [0.5, 0.6) is 17.2 Å². The predicted octanol–water partition coefficient (Wildman–Crippen LogP) is 0.405. The van der Waals surface area contributed by atoms with Crippen molar-refractivity contribution in [3.63, 3.8) is 0 Å². The molecule has 0 heterocycles. The molecule has 0 spiro atoms. The smallest absolute Gasteiger partial charge is 0.378 e. The van der Waals surface area contributed by atoms with Crippen LogP contribution >= 0.6 is 11.6 Å². The molecule has 0 aliphatic rings. The summed E-state index contributed by atoms with van der Waals surface area (Å²) in [7, 11) is -21.7. The van der Waals surface area contributed by atoms with E-state index in [0.717, 1.165) is 0 Å². The van der Waals surface area contributed by atoms with Gasteiger partial charge < -0.3 is 12.5 Å². The maximum Gasteiger partial charge on any atom is 0.534 e. The van der Waals surface area contributed by atoms with Gasteiger partial charge in [0.1, 0.15) is 4.90 Å². The second-order valence-electron chi connectivity index (χ2n) is 4.72. The molecule has 168 valence electrons. The van der Waals surface area contributed by atoms with Gasteiger partial charge in [-0.25, -0.2) is 0 Å². The normalized spacial score (nSPS) is 13.7. The number of halogens is 4. The van der Waals surface area contributed by atoms with Gasteiger partial charge in [-0.1, -0.05) is 0 Å². The maximum absolute atomic E-state index is 12.6. The van der Waals surface area contributed by atoms with Gasteiger partial charge in [0, 0.05) is 0 Å². The Hall–Kier alpha value is -1.54. The third-order valence-corrected chi connectivity index (χ3v) is 6.18. The highest BCUT2D eigenvalue weighted by Gasteiger charge is 2.50. The number of benzene rings is 1. The molecule has 0 saturated carbocycles. The largest absolute Gasteiger partial charge is 0.534 e. The molecule has 0 aliphatic carbocycles. The Morgan fingerprint density at radius 3 is 1.83 bits per heavy atom. The van der Waals surface area contributed by atoms with E-state index in [-0.39, 0.29) is 6.07 Å². The molecule has 0 unspecified atom stereocenters. The zero-order valence-electron chi connectivity index (χ0n) is 13.4. The average Bonchev–Trinajstić information content (AvgIpc) is 2.46. The molecule has 20 heteroatoms. The Labute approximate surface area is 167 Å². The Morgan fingerprint density at radius 1 is 0.931 bits per heavy atom. The summed E-state index contributed by atoms with van der Waals surface area (Å²) >= 11 is 5.04. The Bertz CT molecular complexity index is 1220. The van der Waals surface area contributed by atoms with Gasteiger partial charge in [-0.05, 0) is 12.1 Å². The Kier molecular flexibility index (Phi) is 6.99. The van der Waals surface area contributed by atoms with Crippen LogP contribution in [0.2, 0.25) is 0 Å². The molecule has 29 heavy (non-hydrogen) atoms. The number of hydrogen-bond donors (Lipinski definition) is 1. The lowest BCUT2D eigenvalue weighted by molar-refractivity contribution is -0.0501. The van der Waals surface area contributed by atoms with Crippen LogP contribution in [0.4, 0.5) is 13.2 Å². The highest BCUT2D eigenvalue weighted by Crippen LogP contribution is 2.45. The molecule has 0 radical (unpaired) electrons. The molecule has 1 aromatic carbocycles. The first kappa shape index (κ1) is 25.5. The molecular formula is C9H8ClF3O12S4. The van der Waals surface area contributed by atoms with Crippen molar-refractivity contribution in [2.45, 2.75) is 10.4 Å². The third kappa shape index (κ3) is 6.74. The van der Waals surface area contributed by atoms with Crippen molar-refractivity contribution in [2.75, 3.05) is 11.5 Å². The molecule has 1 aromatic rings. The van der Waals surface area contributed by atoms with E-state index in [0.29, 0.717) is 12.3 Å². The number of alkyl halides is 4. The minimum Gasteiger partial charge on any atom is -0.378 e. The van der Waals surface area contributed by atoms with Gasteiger partial charge in [0.2, 0.25) is 11.5 Å².